The predicted octanol–water partition coefficient (Wildman–Crippen LogP) is -11.9. The number of nitrogens with two attached hydrogens (primary N) is 5. The Hall–Kier alpha value is -14.5. The summed E-state index contributed by atoms with van der Waals surface area (Å²) in [4.78, 5) is 341. The number of hydrogen-bond donors (Lipinski definition) is 31. The number of aliphatic hydroxyl groups excluding tert-OH is 5. The minimum Gasteiger partial charge on any atom is -0.508 e. The second-order valence-electron chi connectivity index (χ2n) is 38.5. The number of hydrogen-bond acceptors (Lipinski definition) is 32. The van der Waals surface area contributed by atoms with Gasteiger partial charge in [-0.25, -0.2) is 4.79 Å². The lowest BCUT2D eigenvalue weighted by atomic mass is 9.96. The van der Waals surface area contributed by atoms with Crippen LogP contribution in [0, 0.1) is 35.5 Å². The van der Waals surface area contributed by atoms with Gasteiger partial charge in [-0.15, -0.1) is 0 Å². The molecule has 0 radical (unpaired) electrons. The molecule has 0 unspecified atom stereocenters. The number of rotatable bonds is 67. The number of nitrogens with zero attached hydrogens (tertiary/aromatic N) is 1. The molecule has 1 aliphatic heterocycles. The highest BCUT2D eigenvalue weighted by Crippen LogP contribution is 2.23. The summed E-state index contributed by atoms with van der Waals surface area (Å²) in [5.41, 5.74) is 27.7. The summed E-state index contributed by atoms with van der Waals surface area (Å²) < 4.78 is 0. The van der Waals surface area contributed by atoms with Gasteiger partial charge < -0.3 is 170 Å². The molecule has 1 fully saturated rings. The highest BCUT2D eigenvalue weighted by atomic mass is 16.4. The number of likely N-dealkylation sites (tertiary alicyclic amines) is 1. The fourth-order valence-corrected chi connectivity index (χ4v) is 15.0. The van der Waals surface area contributed by atoms with Crippen LogP contribution in [0.15, 0.2) is 24.3 Å². The number of phenols is 1. The lowest BCUT2D eigenvalue weighted by molar-refractivity contribution is -0.144. The van der Waals surface area contributed by atoms with E-state index >= 15 is 0 Å². The number of benzene rings is 1. The first-order chi connectivity index (χ1) is 69.8. The maximum atomic E-state index is 14.7. The molecule has 1 aromatic rings. The van der Waals surface area contributed by atoms with Gasteiger partial charge in [0.25, 0.3) is 0 Å². The first-order valence-electron chi connectivity index (χ1n) is 49.0. The van der Waals surface area contributed by atoms with Gasteiger partial charge in [0.1, 0.15) is 121 Å². The third-order valence-corrected chi connectivity index (χ3v) is 24.1. The zero-order valence-electron chi connectivity index (χ0n) is 86.8. The van der Waals surface area contributed by atoms with E-state index in [2.05, 4.69) is 95.7 Å². The quantitative estimate of drug-likeness (QED) is 0.0288. The van der Waals surface area contributed by atoms with Crippen LogP contribution in [0.1, 0.15) is 200 Å². The van der Waals surface area contributed by atoms with Gasteiger partial charge in [0.05, 0.1) is 57.3 Å². The largest absolute Gasteiger partial charge is 0.508 e. The van der Waals surface area contributed by atoms with Gasteiger partial charge in [-0.3, -0.25) is 115 Å². The van der Waals surface area contributed by atoms with Crippen molar-refractivity contribution in [2.24, 2.45) is 64.2 Å². The lowest BCUT2D eigenvalue weighted by Gasteiger charge is -2.30. The molecule has 57 nitrogen and oxygen atoms in total. The number of aliphatic carboxylic acids is 2. The summed E-state index contributed by atoms with van der Waals surface area (Å²) in [6.45, 7) is 19.4. The van der Waals surface area contributed by atoms with Crippen molar-refractivity contribution in [3.05, 3.63) is 29.8 Å². The molecule has 23 amide bonds. The summed E-state index contributed by atoms with van der Waals surface area (Å²) in [6, 6.07) is -28.0. The van der Waals surface area contributed by atoms with Crippen LogP contribution in [0.4, 0.5) is 0 Å². The summed E-state index contributed by atoms with van der Waals surface area (Å²) >= 11 is 0. The Morgan fingerprint density at radius 3 is 1.14 bits per heavy atom. The smallest absolute Gasteiger partial charge is 0.326 e. The molecule has 36 N–H and O–H groups in total. The average Bonchev–Trinajstić information content (AvgIpc) is 1.61. The van der Waals surface area contributed by atoms with Crippen molar-refractivity contribution in [2.75, 3.05) is 26.3 Å². The predicted molar refractivity (Wildman–Crippen MR) is 527 cm³/mol. The Balaban J connectivity index is 2.44. The molecule has 0 spiro atoms. The zero-order chi connectivity index (χ0) is 115. The van der Waals surface area contributed by atoms with Crippen molar-refractivity contribution in [3.8, 4) is 5.75 Å². The van der Waals surface area contributed by atoms with Crippen LogP contribution in [0.25, 0.3) is 0 Å². The maximum absolute atomic E-state index is 14.7. The molecule has 0 bridgehead atoms. The van der Waals surface area contributed by atoms with Crippen molar-refractivity contribution >= 4 is 148 Å². The Labute approximate surface area is 865 Å². The standard InChI is InChI=1S/C93H152N24O33/c1-17-43(11)71(89(145)116-74(48(16)122)91(147)114-72(93(149)150)44(12)18-2)113-82(138)57(34-65(97)127)106-79(135)55(32-49-21-23-50(123)24-22-49)105-76(132)51(25-27-62(94)124)101-87(143)69(41(7)8)111-66(128)36-99-85(141)61-20-19-29-117(61)92(148)52(26-28-63(95)125)102-77(133)53(30-39(3)4)104-81(137)58(35-67(129)130)107-83(139)59(37-118)109-78(134)54(31-40(5)6)108-90(146)73(47(15)121)115-88(144)70(42(9)10)112-84(140)60(38-119)110-80(136)56(33-64(96)126)103-75(131)45(13)100-86(142)68(98)46(14)120/h21-24,39-48,51-61,68-74,118-123H,17-20,25-38,98H2,1-16H3,(H2,94,124)(H2,95,125)(H2,96,126)(H2,97,127)(H,99,141)(H,100,142)(H,101,143)(H,102,133)(H,103,131)(H,104,137)(H,105,132)(H,106,135)(H,107,139)(H,108,146)(H,109,134)(H,110,136)(H,111,128)(H,112,140)(H,113,138)(H,114,147)(H,115,144)(H,116,145)(H,129,130)(H,149,150)/t43-,44-,45-,46+,47+,48+,51-,52-,53-,54-,55-,56-,57-,58-,59-,60-,61-,68-,69-,70-,71-,72-,73-,74-/m0/s1. The van der Waals surface area contributed by atoms with E-state index in [4.69, 9.17) is 28.7 Å². The number of amides is 23. The first-order valence-corrected chi connectivity index (χ1v) is 49.0. The van der Waals surface area contributed by atoms with Crippen LogP contribution in [0.5, 0.6) is 5.75 Å². The van der Waals surface area contributed by atoms with Gasteiger partial charge in [0.2, 0.25) is 136 Å². The molecule has 1 saturated heterocycles. The average molecular weight is 2130 g/mol. The van der Waals surface area contributed by atoms with Crippen LogP contribution in [0.3, 0.4) is 0 Å². The van der Waals surface area contributed by atoms with Crippen molar-refractivity contribution in [3.63, 3.8) is 0 Å². The fourth-order valence-electron chi connectivity index (χ4n) is 15.0. The molecule has 0 aromatic heterocycles. The van der Waals surface area contributed by atoms with Crippen LogP contribution < -0.4 is 124 Å². The molecule has 842 valence electrons. The Morgan fingerprint density at radius 2 is 0.707 bits per heavy atom. The molecule has 57 heteroatoms. The number of aromatic hydroxyl groups is 1. The molecule has 1 aliphatic rings. The van der Waals surface area contributed by atoms with Gasteiger partial charge in [-0.2, -0.15) is 0 Å². The lowest BCUT2D eigenvalue weighted by Crippen LogP contribution is -2.63. The van der Waals surface area contributed by atoms with Crippen molar-refractivity contribution in [1.82, 2.24) is 101 Å². The molecule has 1 heterocycles. The number of carboxylic acid groups (broad SMARTS) is 2. The fraction of sp³-hybridized carbons (Fsp3) is 0.667. The van der Waals surface area contributed by atoms with Crippen molar-refractivity contribution in [1.29, 1.82) is 0 Å². The van der Waals surface area contributed by atoms with Crippen LogP contribution in [-0.2, 0) is 126 Å². The molecule has 24 atom stereocenters. The monoisotopic (exact) mass is 2130 g/mol. The van der Waals surface area contributed by atoms with Gasteiger partial charge in [-0.1, -0.05) is 108 Å². The Kier molecular flexibility index (Phi) is 56.2. The van der Waals surface area contributed by atoms with E-state index in [0.29, 0.717) is 6.42 Å². The number of nitrogens with one attached hydrogen (secondary N) is 18. The van der Waals surface area contributed by atoms with E-state index in [1.807, 2.05) is 0 Å². The van der Waals surface area contributed by atoms with Crippen molar-refractivity contribution in [2.45, 2.75) is 334 Å². The van der Waals surface area contributed by atoms with E-state index in [1.165, 1.54) is 65.8 Å². The van der Waals surface area contributed by atoms with Gasteiger partial charge >= 0.3 is 11.9 Å². The Bertz CT molecular complexity index is 4890. The number of carbonyl (C=O) groups is 25. The molecule has 0 aliphatic carbocycles. The minimum absolute atomic E-state index is 0.0772. The van der Waals surface area contributed by atoms with E-state index < -0.39 is 388 Å². The summed E-state index contributed by atoms with van der Waals surface area (Å²) in [5.74, 6) is -34.0. The van der Waals surface area contributed by atoms with E-state index in [-0.39, 0.29) is 50.0 Å². The Morgan fingerprint density at radius 1 is 0.367 bits per heavy atom. The number of aliphatic hydroxyl groups is 5. The highest BCUT2D eigenvalue weighted by molar-refractivity contribution is 6.04. The first kappa shape index (κ1) is 132. The van der Waals surface area contributed by atoms with E-state index in [9.17, 15) is 161 Å². The normalized spacial score (nSPS) is 16.9. The van der Waals surface area contributed by atoms with Crippen LogP contribution >= 0.6 is 0 Å². The van der Waals surface area contributed by atoms with Gasteiger partial charge in [0.15, 0.2) is 0 Å². The minimum atomic E-state index is -2.15. The van der Waals surface area contributed by atoms with E-state index in [1.54, 1.807) is 48.5 Å². The summed E-state index contributed by atoms with van der Waals surface area (Å²) in [5, 5.41) is 124. The molecule has 0 saturated carbocycles. The summed E-state index contributed by atoms with van der Waals surface area (Å²) in [7, 11) is 0. The van der Waals surface area contributed by atoms with Crippen molar-refractivity contribution < 1.29 is 161 Å². The number of carbonyl (C=O) groups excluding carboxylic acids is 23. The highest BCUT2D eigenvalue weighted by Gasteiger charge is 2.45. The van der Waals surface area contributed by atoms with Gasteiger partial charge in [0, 0.05) is 25.8 Å². The number of phenolic OH excluding ortho intramolecular Hbond substituents is 1. The van der Waals surface area contributed by atoms with Gasteiger partial charge in [-0.05, 0) is 119 Å². The molecule has 1 aromatic carbocycles. The molecule has 150 heavy (non-hydrogen) atoms. The summed E-state index contributed by atoms with van der Waals surface area (Å²) in [6.07, 6.45) is -10.7. The number of primary amides is 4. The third-order valence-electron chi connectivity index (χ3n) is 24.1. The number of carboxylic acids is 2. The molecular formula is C93H152N24O33. The van der Waals surface area contributed by atoms with Crippen LogP contribution in [-0.4, -0.2) is 353 Å². The topological polar surface area (TPSA) is 938 Å². The zero-order valence-corrected chi connectivity index (χ0v) is 86.8. The molecule has 2 rings (SSSR count). The van der Waals surface area contributed by atoms with E-state index in [0.717, 1.165) is 25.7 Å². The maximum Gasteiger partial charge on any atom is 0.326 e. The van der Waals surface area contributed by atoms with Crippen LogP contribution in [0.2, 0.25) is 0 Å². The SMILES string of the molecule is CC[C@H](C)[C@H](NC(=O)[C@@H](NC(=O)[C@@H](NC(=O)[C@H](CC(N)=O)NC(=O)[C@H](Cc1ccc(O)cc1)NC(=O)[C@H](CCC(N)=O)NC(=O)[C@@H](NC(=O)CNC(=O)[C@@H]1CCCN1C(=O)[C@H](CCC(N)=O)NC(=O)[C@H](CC(C)C)NC(=O)[C@H](CC(=O)O)NC(=O)[C@H](CO)NC(=O)[C@H](CC(C)C)NC(=O)[C@@H](NC(=O)[C@@H](NC(=O)[C@H](CO)NC(=O)[C@H](CC(N)=O)NC(=O)[C@H](C)NC(=O)[C@@H](N)[C@@H](C)O)C(C)C)[C@@H](C)O)C(C)C)[C@@H](C)CC)[C@@H](C)O)C(=O)O. The molecular weight excluding hydrogens is 1980 g/mol. The second-order valence-corrected chi connectivity index (χ2v) is 38.5. The second kappa shape index (κ2) is 64.0. The third kappa shape index (κ3) is 44.9.